The number of nitrogens with one attached hydrogen (secondary N) is 1. The molecule has 1 heterocycles. The van der Waals surface area contributed by atoms with Gasteiger partial charge in [0.15, 0.2) is 0 Å². The number of hydrogen-bond acceptors (Lipinski definition) is 4. The van der Waals surface area contributed by atoms with E-state index in [-0.39, 0.29) is 16.5 Å². The standard InChI is InChI=1S/C14H24N4O4S/c1-14(2,3)11(12(15)19)16-23(21,22)9-7-10(18(6)8-9)13(20)17(4)5/h7-8,11,16H,1-6H3,(H2,15,19)/t11-/m1/s1. The summed E-state index contributed by atoms with van der Waals surface area (Å²) in [7, 11) is 0.731. The Morgan fingerprint density at radius 1 is 1.30 bits per heavy atom. The van der Waals surface area contributed by atoms with Gasteiger partial charge in [-0.3, -0.25) is 9.59 Å². The molecule has 0 aliphatic rings. The van der Waals surface area contributed by atoms with E-state index in [1.54, 1.807) is 41.9 Å². The second-order valence-corrected chi connectivity index (χ2v) is 8.41. The third kappa shape index (κ3) is 4.32. The highest BCUT2D eigenvalue weighted by molar-refractivity contribution is 7.89. The van der Waals surface area contributed by atoms with Crippen LogP contribution >= 0.6 is 0 Å². The fraction of sp³-hybridized carbons (Fsp3) is 0.571. The third-order valence-electron chi connectivity index (χ3n) is 3.34. The first-order valence-corrected chi connectivity index (χ1v) is 8.45. The number of carbonyl (C=O) groups excluding carboxylic acids is 2. The van der Waals surface area contributed by atoms with E-state index in [0.29, 0.717) is 0 Å². The summed E-state index contributed by atoms with van der Waals surface area (Å²) >= 11 is 0. The zero-order valence-electron chi connectivity index (χ0n) is 14.2. The summed E-state index contributed by atoms with van der Waals surface area (Å²) in [6.45, 7) is 5.12. The van der Waals surface area contributed by atoms with Gasteiger partial charge in [-0.1, -0.05) is 20.8 Å². The van der Waals surface area contributed by atoms with Crippen molar-refractivity contribution in [2.24, 2.45) is 18.2 Å². The Bertz CT molecular complexity index is 714. The molecular weight excluding hydrogens is 320 g/mol. The molecule has 9 heteroatoms. The molecule has 1 aromatic rings. The van der Waals surface area contributed by atoms with Gasteiger partial charge in [0.05, 0.1) is 0 Å². The second-order valence-electron chi connectivity index (χ2n) is 6.69. The smallest absolute Gasteiger partial charge is 0.269 e. The number of nitrogens with zero attached hydrogens (tertiary/aromatic N) is 2. The SMILES string of the molecule is CN(C)C(=O)c1cc(S(=O)(=O)N[C@H](C(N)=O)C(C)(C)C)cn1C. The van der Waals surface area contributed by atoms with Crippen LogP contribution in [0.3, 0.4) is 0 Å². The molecule has 1 aromatic heterocycles. The van der Waals surface area contributed by atoms with Crippen LogP contribution in [0.15, 0.2) is 17.2 Å². The normalized spacial score (nSPS) is 13.7. The quantitative estimate of drug-likeness (QED) is 0.776. The van der Waals surface area contributed by atoms with Crippen molar-refractivity contribution >= 4 is 21.8 Å². The summed E-state index contributed by atoms with van der Waals surface area (Å²) in [6, 6.07) is 0.200. The summed E-state index contributed by atoms with van der Waals surface area (Å²) in [6.07, 6.45) is 1.32. The topological polar surface area (TPSA) is 114 Å². The number of rotatable bonds is 5. The zero-order valence-corrected chi connectivity index (χ0v) is 15.1. The summed E-state index contributed by atoms with van der Waals surface area (Å²) in [5.41, 5.74) is 4.84. The van der Waals surface area contributed by atoms with Gasteiger partial charge in [0, 0.05) is 27.3 Å². The van der Waals surface area contributed by atoms with Gasteiger partial charge in [-0.25, -0.2) is 8.42 Å². The summed E-state index contributed by atoms with van der Waals surface area (Å²) < 4.78 is 28.7. The maximum atomic E-state index is 12.5. The molecule has 0 unspecified atom stereocenters. The summed E-state index contributed by atoms with van der Waals surface area (Å²) in [4.78, 5) is 24.8. The van der Waals surface area contributed by atoms with Crippen molar-refractivity contribution in [2.45, 2.75) is 31.7 Å². The molecule has 8 nitrogen and oxygen atoms in total. The van der Waals surface area contributed by atoms with Crippen molar-refractivity contribution in [2.75, 3.05) is 14.1 Å². The Balaban J connectivity index is 3.22. The highest BCUT2D eigenvalue weighted by atomic mass is 32.2. The van der Waals surface area contributed by atoms with Gasteiger partial charge in [0.1, 0.15) is 16.6 Å². The van der Waals surface area contributed by atoms with E-state index in [1.165, 1.54) is 21.7 Å². The maximum absolute atomic E-state index is 12.5. The molecule has 130 valence electrons. The first-order valence-electron chi connectivity index (χ1n) is 6.97. The lowest BCUT2D eigenvalue weighted by atomic mass is 9.87. The Labute approximate surface area is 136 Å². The Morgan fingerprint density at radius 3 is 2.22 bits per heavy atom. The first kappa shape index (κ1) is 19.2. The van der Waals surface area contributed by atoms with Crippen molar-refractivity contribution in [3.8, 4) is 0 Å². The minimum atomic E-state index is -3.99. The average molecular weight is 344 g/mol. The molecule has 0 aliphatic heterocycles. The largest absolute Gasteiger partial charge is 0.368 e. The monoisotopic (exact) mass is 344 g/mol. The predicted octanol–water partition coefficient (Wildman–Crippen LogP) is -0.0948. The number of aromatic nitrogens is 1. The van der Waals surface area contributed by atoms with Crippen LogP contribution in [0.4, 0.5) is 0 Å². The summed E-state index contributed by atoms with van der Waals surface area (Å²) in [5.74, 6) is -1.09. The molecule has 0 aliphatic carbocycles. The van der Waals surface area contributed by atoms with Crippen LogP contribution in [0.5, 0.6) is 0 Å². The molecule has 23 heavy (non-hydrogen) atoms. The molecule has 0 spiro atoms. The number of aryl methyl sites for hydroxylation is 1. The maximum Gasteiger partial charge on any atom is 0.269 e. The molecule has 0 aromatic carbocycles. The fourth-order valence-electron chi connectivity index (χ4n) is 2.01. The van der Waals surface area contributed by atoms with Gasteiger partial charge >= 0.3 is 0 Å². The Hall–Kier alpha value is -1.87. The second kappa shape index (κ2) is 6.32. The predicted molar refractivity (Wildman–Crippen MR) is 86.2 cm³/mol. The molecule has 3 N–H and O–H groups in total. The third-order valence-corrected chi connectivity index (χ3v) is 4.73. The van der Waals surface area contributed by atoms with Gasteiger partial charge in [0.25, 0.3) is 5.91 Å². The molecule has 1 rings (SSSR count). The molecule has 0 saturated heterocycles. The van der Waals surface area contributed by atoms with E-state index in [9.17, 15) is 18.0 Å². The van der Waals surface area contributed by atoms with E-state index in [0.717, 1.165) is 0 Å². The number of primary amides is 1. The van der Waals surface area contributed by atoms with E-state index in [4.69, 9.17) is 5.73 Å². The van der Waals surface area contributed by atoms with Crippen LogP contribution in [0, 0.1) is 5.41 Å². The van der Waals surface area contributed by atoms with Crippen LogP contribution in [0.25, 0.3) is 0 Å². The number of carbonyl (C=O) groups is 2. The zero-order chi connectivity index (χ0) is 18.2. The molecule has 1 atom stereocenters. The van der Waals surface area contributed by atoms with Gasteiger partial charge in [0.2, 0.25) is 15.9 Å². The fourth-order valence-corrected chi connectivity index (χ4v) is 3.49. The molecule has 0 radical (unpaired) electrons. The van der Waals surface area contributed by atoms with Crippen molar-refractivity contribution in [3.63, 3.8) is 0 Å². The van der Waals surface area contributed by atoms with E-state index in [2.05, 4.69) is 4.72 Å². The van der Waals surface area contributed by atoms with Crippen LogP contribution in [-0.4, -0.2) is 49.8 Å². The van der Waals surface area contributed by atoms with Gasteiger partial charge in [-0.2, -0.15) is 4.72 Å². The van der Waals surface area contributed by atoms with Crippen LogP contribution in [0.2, 0.25) is 0 Å². The van der Waals surface area contributed by atoms with Gasteiger partial charge in [-0.15, -0.1) is 0 Å². The lowest BCUT2D eigenvalue weighted by Gasteiger charge is -2.28. The minimum Gasteiger partial charge on any atom is -0.368 e. The first-order chi connectivity index (χ1) is 10.3. The molecule has 0 fully saturated rings. The van der Waals surface area contributed by atoms with Crippen LogP contribution in [-0.2, 0) is 21.9 Å². The molecule has 0 saturated carbocycles. The average Bonchev–Trinajstić information content (AvgIpc) is 2.76. The number of sulfonamides is 1. The molecular formula is C14H24N4O4S. The van der Waals surface area contributed by atoms with Crippen molar-refractivity contribution in [1.29, 1.82) is 0 Å². The van der Waals surface area contributed by atoms with Gasteiger partial charge in [-0.05, 0) is 11.5 Å². The number of hydrogen-bond donors (Lipinski definition) is 2. The Morgan fingerprint density at radius 2 is 1.83 bits per heavy atom. The van der Waals surface area contributed by atoms with Crippen molar-refractivity contribution < 1.29 is 18.0 Å². The lowest BCUT2D eigenvalue weighted by molar-refractivity contribution is -0.121. The Kier molecular flexibility index (Phi) is 5.27. The van der Waals surface area contributed by atoms with Crippen molar-refractivity contribution in [1.82, 2.24) is 14.2 Å². The number of nitrogens with two attached hydrogens (primary N) is 1. The van der Waals surface area contributed by atoms with Crippen LogP contribution < -0.4 is 10.5 Å². The van der Waals surface area contributed by atoms with E-state index >= 15 is 0 Å². The highest BCUT2D eigenvalue weighted by Gasteiger charge is 2.34. The highest BCUT2D eigenvalue weighted by Crippen LogP contribution is 2.22. The van der Waals surface area contributed by atoms with E-state index < -0.39 is 27.4 Å². The number of amides is 2. The van der Waals surface area contributed by atoms with E-state index in [1.807, 2.05) is 0 Å². The molecule has 0 bridgehead atoms. The lowest BCUT2D eigenvalue weighted by Crippen LogP contribution is -2.51. The minimum absolute atomic E-state index is 0.0966. The molecule has 2 amide bonds. The van der Waals surface area contributed by atoms with Gasteiger partial charge < -0.3 is 15.2 Å². The van der Waals surface area contributed by atoms with Crippen LogP contribution in [0.1, 0.15) is 31.3 Å². The summed E-state index contributed by atoms with van der Waals surface area (Å²) in [5, 5.41) is 0. The van der Waals surface area contributed by atoms with Crippen molar-refractivity contribution in [3.05, 3.63) is 18.0 Å².